The van der Waals surface area contributed by atoms with Crippen LogP contribution >= 0.6 is 0 Å². The van der Waals surface area contributed by atoms with E-state index >= 15 is 0 Å². The Morgan fingerprint density at radius 1 is 1.48 bits per heavy atom. The van der Waals surface area contributed by atoms with E-state index in [0.29, 0.717) is 17.0 Å². The van der Waals surface area contributed by atoms with E-state index in [2.05, 4.69) is 9.88 Å². The Morgan fingerprint density at radius 3 is 2.95 bits per heavy atom. The van der Waals surface area contributed by atoms with Crippen LogP contribution in [-0.4, -0.2) is 46.8 Å². The molecule has 0 unspecified atom stereocenters. The second kappa shape index (κ2) is 4.76. The smallest absolute Gasteiger partial charge is 0.276 e. The molecule has 2 fully saturated rings. The van der Waals surface area contributed by atoms with E-state index in [1.165, 1.54) is 19.0 Å². The Labute approximate surface area is 123 Å². The molecule has 1 amide bonds. The monoisotopic (exact) mass is 289 g/mol. The van der Waals surface area contributed by atoms with Crippen molar-refractivity contribution in [3.63, 3.8) is 0 Å². The molecular weight excluding hydrogens is 270 g/mol. The number of ether oxygens (including phenoxy) is 1. The predicted octanol–water partition coefficient (Wildman–Crippen LogP) is 0.738. The molecule has 0 atom stereocenters. The number of fused-ring (bicyclic) bond motifs is 1. The quantitative estimate of drug-likeness (QED) is 0.620. The maximum atomic E-state index is 11.4. The minimum absolute atomic E-state index is 0.416. The maximum absolute atomic E-state index is 11.4. The summed E-state index contributed by atoms with van der Waals surface area (Å²) in [6.45, 7) is 3.75. The fourth-order valence-electron chi connectivity index (χ4n) is 3.76. The molecule has 1 aromatic heterocycles. The Kier molecular flexibility index (Phi) is 2.99. The number of carbonyl (C=O) groups is 1. The van der Waals surface area contributed by atoms with Crippen LogP contribution in [0.15, 0.2) is 12.3 Å². The lowest BCUT2D eigenvalue weighted by molar-refractivity contribution is -0.185. The van der Waals surface area contributed by atoms with Crippen LogP contribution in [0.5, 0.6) is 0 Å². The van der Waals surface area contributed by atoms with Crippen molar-refractivity contribution in [2.24, 2.45) is 5.41 Å². The summed E-state index contributed by atoms with van der Waals surface area (Å²) in [6, 6.07) is 2.50. The molecule has 0 radical (unpaired) electrons. The van der Waals surface area contributed by atoms with Crippen LogP contribution in [0.4, 0.5) is 0 Å². The van der Waals surface area contributed by atoms with Crippen molar-refractivity contribution < 1.29 is 14.7 Å². The van der Waals surface area contributed by atoms with Crippen LogP contribution in [0.2, 0.25) is 0 Å². The molecule has 1 spiro atoms. The lowest BCUT2D eigenvalue weighted by Gasteiger charge is -2.56. The lowest BCUT2D eigenvalue weighted by Crippen LogP contribution is -2.60. The second-order valence-corrected chi connectivity index (χ2v) is 6.55. The van der Waals surface area contributed by atoms with Gasteiger partial charge in [-0.25, -0.2) is 5.48 Å². The largest absolute Gasteiger partial charge is 0.380 e. The lowest BCUT2D eigenvalue weighted by atomic mass is 9.63. The third kappa shape index (κ3) is 2.14. The van der Waals surface area contributed by atoms with Gasteiger partial charge in [-0.2, -0.15) is 0 Å². The highest BCUT2D eigenvalue weighted by Gasteiger charge is 2.51. The number of rotatable bonds is 2. The fourth-order valence-corrected chi connectivity index (χ4v) is 3.76. The minimum Gasteiger partial charge on any atom is -0.380 e. The third-order valence-electron chi connectivity index (χ3n) is 5.11. The SMILES string of the molecule is O=C(NO)c1cnc2c(c1)CCN(C1CC3(COC3)C1)C2. The van der Waals surface area contributed by atoms with E-state index < -0.39 is 5.91 Å². The van der Waals surface area contributed by atoms with Crippen LogP contribution in [-0.2, 0) is 17.7 Å². The van der Waals surface area contributed by atoms with Crippen LogP contribution in [0.3, 0.4) is 0 Å². The van der Waals surface area contributed by atoms with Gasteiger partial charge >= 0.3 is 0 Å². The molecular formula is C15H19N3O3. The van der Waals surface area contributed by atoms with Gasteiger partial charge in [-0.15, -0.1) is 0 Å². The first-order valence-electron chi connectivity index (χ1n) is 7.43. The average Bonchev–Trinajstić information content (AvgIpc) is 2.43. The normalized spacial score (nSPS) is 24.0. The standard InChI is InChI=1S/C15H19N3O3/c19-14(17-20)11-3-10-1-2-18(7-13(10)16-6-11)12-4-15(5-12)8-21-9-15/h3,6,12,20H,1-2,4-5,7-9H2,(H,17,19). The molecule has 21 heavy (non-hydrogen) atoms. The van der Waals surface area contributed by atoms with Crippen molar-refractivity contribution in [1.82, 2.24) is 15.4 Å². The summed E-state index contributed by atoms with van der Waals surface area (Å²) in [7, 11) is 0. The zero-order valence-corrected chi connectivity index (χ0v) is 11.8. The highest BCUT2D eigenvalue weighted by atomic mass is 16.5. The number of hydrogen-bond acceptors (Lipinski definition) is 5. The molecule has 3 heterocycles. The van der Waals surface area contributed by atoms with Crippen LogP contribution in [0.1, 0.15) is 34.5 Å². The summed E-state index contributed by atoms with van der Waals surface area (Å²) in [5.41, 5.74) is 4.73. The Hall–Kier alpha value is -1.50. The van der Waals surface area contributed by atoms with E-state index in [4.69, 9.17) is 9.94 Å². The predicted molar refractivity (Wildman–Crippen MR) is 73.9 cm³/mol. The van der Waals surface area contributed by atoms with Gasteiger partial charge in [-0.05, 0) is 30.9 Å². The van der Waals surface area contributed by atoms with Crippen molar-refractivity contribution >= 4 is 5.91 Å². The third-order valence-corrected chi connectivity index (χ3v) is 5.11. The fraction of sp³-hybridized carbons (Fsp3) is 0.600. The molecule has 1 aromatic rings. The van der Waals surface area contributed by atoms with E-state index in [9.17, 15) is 4.79 Å². The topological polar surface area (TPSA) is 74.7 Å². The van der Waals surface area contributed by atoms with E-state index in [1.54, 1.807) is 5.48 Å². The first-order valence-corrected chi connectivity index (χ1v) is 7.43. The molecule has 6 heteroatoms. The Balaban J connectivity index is 1.44. The number of aromatic nitrogens is 1. The second-order valence-electron chi connectivity index (χ2n) is 6.55. The van der Waals surface area contributed by atoms with Gasteiger partial charge in [-0.1, -0.05) is 0 Å². The number of carbonyl (C=O) groups excluding carboxylic acids is 1. The van der Waals surface area contributed by atoms with E-state index in [-0.39, 0.29) is 0 Å². The summed E-state index contributed by atoms with van der Waals surface area (Å²) in [5.74, 6) is -0.501. The highest BCUT2D eigenvalue weighted by Crippen LogP contribution is 2.49. The maximum Gasteiger partial charge on any atom is 0.276 e. The van der Waals surface area contributed by atoms with Gasteiger partial charge in [0.1, 0.15) is 0 Å². The van der Waals surface area contributed by atoms with Crippen molar-refractivity contribution in [1.29, 1.82) is 0 Å². The first-order chi connectivity index (χ1) is 10.2. The molecule has 4 rings (SSSR count). The zero-order valence-electron chi connectivity index (χ0n) is 11.8. The number of amides is 1. The van der Waals surface area contributed by atoms with E-state index in [1.807, 2.05) is 6.07 Å². The van der Waals surface area contributed by atoms with Gasteiger partial charge in [-0.3, -0.25) is 19.9 Å². The van der Waals surface area contributed by atoms with Gasteiger partial charge in [0.05, 0.1) is 24.5 Å². The molecule has 3 aliphatic rings. The number of hydrogen-bond donors (Lipinski definition) is 2. The van der Waals surface area contributed by atoms with Gasteiger partial charge in [0.2, 0.25) is 0 Å². The zero-order chi connectivity index (χ0) is 14.4. The summed E-state index contributed by atoms with van der Waals surface area (Å²) < 4.78 is 5.33. The van der Waals surface area contributed by atoms with Crippen molar-refractivity contribution in [3.05, 3.63) is 29.1 Å². The summed E-state index contributed by atoms with van der Waals surface area (Å²) in [5, 5.41) is 8.68. The van der Waals surface area contributed by atoms with Crippen molar-refractivity contribution in [3.8, 4) is 0 Å². The number of nitrogens with one attached hydrogen (secondary N) is 1. The summed E-state index contributed by atoms with van der Waals surface area (Å²) in [6.07, 6.45) is 4.94. The number of nitrogens with zero attached hydrogens (tertiary/aromatic N) is 2. The number of hydroxylamine groups is 1. The Morgan fingerprint density at radius 2 is 2.29 bits per heavy atom. The van der Waals surface area contributed by atoms with Crippen molar-refractivity contribution in [2.45, 2.75) is 31.8 Å². The molecule has 1 aliphatic carbocycles. The highest BCUT2D eigenvalue weighted by molar-refractivity contribution is 5.93. The molecule has 1 saturated heterocycles. The first kappa shape index (κ1) is 13.2. The van der Waals surface area contributed by atoms with Crippen LogP contribution in [0, 0.1) is 5.41 Å². The van der Waals surface area contributed by atoms with Gasteiger partial charge < -0.3 is 4.74 Å². The van der Waals surface area contributed by atoms with E-state index in [0.717, 1.165) is 44.0 Å². The van der Waals surface area contributed by atoms with Gasteiger partial charge in [0.15, 0.2) is 0 Å². The van der Waals surface area contributed by atoms with Crippen LogP contribution in [0.25, 0.3) is 0 Å². The Bertz CT molecular complexity index is 578. The molecule has 2 aliphatic heterocycles. The van der Waals surface area contributed by atoms with Crippen LogP contribution < -0.4 is 5.48 Å². The number of pyridine rings is 1. The summed E-state index contributed by atoms with van der Waals surface area (Å²) >= 11 is 0. The molecule has 0 aromatic carbocycles. The molecule has 2 N–H and O–H groups in total. The molecule has 1 saturated carbocycles. The molecule has 112 valence electrons. The minimum atomic E-state index is -0.501. The molecule has 0 bridgehead atoms. The summed E-state index contributed by atoms with van der Waals surface area (Å²) in [4.78, 5) is 18.3. The van der Waals surface area contributed by atoms with Crippen molar-refractivity contribution in [2.75, 3.05) is 19.8 Å². The van der Waals surface area contributed by atoms with Gasteiger partial charge in [0, 0.05) is 30.7 Å². The average molecular weight is 289 g/mol. The molecule has 6 nitrogen and oxygen atoms in total. The van der Waals surface area contributed by atoms with Gasteiger partial charge in [0.25, 0.3) is 5.91 Å².